The summed E-state index contributed by atoms with van der Waals surface area (Å²) < 4.78 is 8.59. The molecule has 0 saturated carbocycles. The standard InChI is InChI=1S/C45H36N3O2.Pt/c1-45(2,3)32-22-24-33(25-23-32)48-38-21-11-18-34(40(38)46-43(48)37-20-10-19-36(42(37)49)28-12-5-4-6-13-28)29-15-9-16-31(26-29)44-47-41-35-17-8-7-14-30(35)27-39(41)50-44;/h4-25,39,41,49H,27H2,1-3H3;/q-1;/t39-,41+;/m0./s1. The Kier molecular flexibility index (Phi) is 8.27. The Balaban J connectivity index is 0.00000374. The Morgan fingerprint density at radius 3 is 2.22 bits per heavy atom. The number of imidazole rings is 1. The zero-order valence-electron chi connectivity index (χ0n) is 28.6. The number of aliphatic imine (C=N–C) groups is 1. The molecule has 1 aliphatic heterocycles. The molecule has 0 radical (unpaired) electrons. The molecule has 0 unspecified atom stereocenters. The molecular weight excluding hydrogens is 810 g/mol. The maximum atomic E-state index is 11.8. The smallest absolute Gasteiger partial charge is 0.148 e. The van der Waals surface area contributed by atoms with E-state index in [-0.39, 0.29) is 44.4 Å². The van der Waals surface area contributed by atoms with E-state index in [1.54, 1.807) is 0 Å². The van der Waals surface area contributed by atoms with Crippen LogP contribution in [0.3, 0.4) is 0 Å². The summed E-state index contributed by atoms with van der Waals surface area (Å²) in [5.41, 5.74) is 11.6. The maximum absolute atomic E-state index is 11.8. The summed E-state index contributed by atoms with van der Waals surface area (Å²) >= 11 is 0. The van der Waals surface area contributed by atoms with Crippen LogP contribution in [0.5, 0.6) is 5.75 Å². The van der Waals surface area contributed by atoms with Crippen molar-refractivity contribution in [2.45, 2.75) is 44.8 Å². The monoisotopic (exact) mass is 845 g/mol. The molecule has 1 aromatic heterocycles. The second-order valence-electron chi connectivity index (χ2n) is 14.2. The summed E-state index contributed by atoms with van der Waals surface area (Å²) in [4.78, 5) is 10.4. The SMILES string of the molecule is CC(C)(C)c1ccc(-n2c(-c3cccc(-c4ccccc4)c3O)nc3c(-c4[c-]c(C5=N[C@@H]6c7ccccc7C[C@@H]6O5)ccc4)cccc32)cc1.[Pt]. The third kappa shape index (κ3) is 5.70. The summed E-state index contributed by atoms with van der Waals surface area (Å²) in [5, 5.41) is 11.8. The van der Waals surface area contributed by atoms with Gasteiger partial charge in [0.25, 0.3) is 0 Å². The third-order valence-corrected chi connectivity index (χ3v) is 10.0. The molecule has 0 fully saturated rings. The van der Waals surface area contributed by atoms with Crippen molar-refractivity contribution in [2.24, 2.45) is 4.99 Å². The largest absolute Gasteiger partial charge is 0.507 e. The minimum absolute atomic E-state index is 0. The number of fused-ring (bicyclic) bond motifs is 4. The summed E-state index contributed by atoms with van der Waals surface area (Å²) in [6, 6.07) is 49.0. The van der Waals surface area contributed by atoms with Crippen molar-refractivity contribution in [1.29, 1.82) is 0 Å². The predicted octanol–water partition coefficient (Wildman–Crippen LogP) is 10.3. The first-order valence-electron chi connectivity index (χ1n) is 17.2. The fourth-order valence-electron chi connectivity index (χ4n) is 7.42. The molecule has 0 spiro atoms. The number of rotatable bonds is 5. The number of ether oxygens (including phenoxy) is 1. The molecule has 1 N–H and O–H groups in total. The Hall–Kier alpha value is -5.25. The van der Waals surface area contributed by atoms with Gasteiger partial charge in [-0.3, -0.25) is 9.56 Å². The van der Waals surface area contributed by atoms with Crippen molar-refractivity contribution in [3.63, 3.8) is 0 Å². The maximum Gasteiger partial charge on any atom is 0.148 e. The van der Waals surface area contributed by atoms with Crippen LogP contribution in [0.2, 0.25) is 0 Å². The van der Waals surface area contributed by atoms with Crippen molar-refractivity contribution in [1.82, 2.24) is 9.55 Å². The quantitative estimate of drug-likeness (QED) is 0.176. The van der Waals surface area contributed by atoms with Crippen LogP contribution in [0.4, 0.5) is 0 Å². The summed E-state index contributed by atoms with van der Waals surface area (Å²) in [6.07, 6.45) is 0.882. The van der Waals surface area contributed by atoms with Gasteiger partial charge in [-0.05, 0) is 51.9 Å². The van der Waals surface area contributed by atoms with Gasteiger partial charge >= 0.3 is 0 Å². The fraction of sp³-hybridized carbons (Fsp3) is 0.156. The Bertz CT molecular complexity index is 2440. The van der Waals surface area contributed by atoms with E-state index >= 15 is 0 Å². The first kappa shape index (κ1) is 32.9. The molecule has 0 saturated heterocycles. The first-order chi connectivity index (χ1) is 24.3. The zero-order chi connectivity index (χ0) is 34.0. The molecule has 2 aliphatic rings. The number of nitrogens with zero attached hydrogens (tertiary/aromatic N) is 3. The van der Waals surface area contributed by atoms with E-state index in [2.05, 4.69) is 104 Å². The van der Waals surface area contributed by atoms with Gasteiger partial charge in [-0.15, -0.1) is 29.8 Å². The number of aromatic hydroxyl groups is 1. The molecule has 6 heteroatoms. The van der Waals surface area contributed by atoms with Gasteiger partial charge in [0.2, 0.25) is 0 Å². The van der Waals surface area contributed by atoms with E-state index in [4.69, 9.17) is 14.7 Å². The number of hydrogen-bond acceptors (Lipinski definition) is 4. The Morgan fingerprint density at radius 1 is 0.725 bits per heavy atom. The van der Waals surface area contributed by atoms with Crippen LogP contribution in [-0.4, -0.2) is 26.7 Å². The predicted molar refractivity (Wildman–Crippen MR) is 201 cm³/mol. The summed E-state index contributed by atoms with van der Waals surface area (Å²) in [5.74, 6) is 1.49. The van der Waals surface area contributed by atoms with Crippen molar-refractivity contribution in [3.8, 4) is 45.1 Å². The second kappa shape index (κ2) is 12.8. The van der Waals surface area contributed by atoms with Gasteiger partial charge < -0.3 is 9.84 Å². The molecule has 1 aliphatic carbocycles. The minimum atomic E-state index is 0. The first-order valence-corrected chi connectivity index (χ1v) is 17.2. The molecule has 7 aromatic rings. The van der Waals surface area contributed by atoms with Crippen LogP contribution in [0.15, 0.2) is 138 Å². The third-order valence-electron chi connectivity index (χ3n) is 10.0. The Morgan fingerprint density at radius 2 is 1.41 bits per heavy atom. The summed E-state index contributed by atoms with van der Waals surface area (Å²) in [7, 11) is 0. The topological polar surface area (TPSA) is 59.6 Å². The number of phenolic OH excluding ortho intramolecular Hbond substituents is 1. The molecule has 6 aromatic carbocycles. The molecule has 9 rings (SSSR count). The average Bonchev–Trinajstić information content (AvgIpc) is 3.83. The van der Waals surface area contributed by atoms with Crippen molar-refractivity contribution >= 4 is 16.9 Å². The van der Waals surface area contributed by atoms with Gasteiger partial charge in [-0.2, -0.15) is 0 Å². The molecule has 0 bridgehead atoms. The van der Waals surface area contributed by atoms with Crippen LogP contribution in [0.1, 0.15) is 49.1 Å². The van der Waals surface area contributed by atoms with E-state index < -0.39 is 0 Å². The molecule has 2 atom stereocenters. The molecule has 5 nitrogen and oxygen atoms in total. The van der Waals surface area contributed by atoms with Gasteiger partial charge in [0.1, 0.15) is 29.6 Å². The van der Waals surface area contributed by atoms with Gasteiger partial charge in [0.05, 0.1) is 16.6 Å². The number of para-hydroxylation sites is 2. The number of aromatic nitrogens is 2. The van der Waals surface area contributed by atoms with Crippen LogP contribution >= 0.6 is 0 Å². The van der Waals surface area contributed by atoms with Crippen LogP contribution in [0, 0.1) is 6.07 Å². The average molecular weight is 846 g/mol. The van der Waals surface area contributed by atoms with Crippen LogP contribution in [-0.2, 0) is 37.6 Å². The molecule has 0 amide bonds. The van der Waals surface area contributed by atoms with Crippen LogP contribution in [0.25, 0.3) is 50.4 Å². The fourth-order valence-corrected chi connectivity index (χ4v) is 7.42. The van der Waals surface area contributed by atoms with Gasteiger partial charge in [-0.25, -0.2) is 4.98 Å². The molecule has 2 heterocycles. The van der Waals surface area contributed by atoms with E-state index in [1.165, 1.54) is 16.7 Å². The molecule has 254 valence electrons. The van der Waals surface area contributed by atoms with E-state index in [0.29, 0.717) is 17.3 Å². The van der Waals surface area contributed by atoms with Crippen molar-refractivity contribution in [2.75, 3.05) is 0 Å². The van der Waals surface area contributed by atoms with E-state index in [9.17, 15) is 5.11 Å². The second-order valence-corrected chi connectivity index (χ2v) is 14.2. The van der Waals surface area contributed by atoms with Crippen molar-refractivity contribution in [3.05, 3.63) is 162 Å². The van der Waals surface area contributed by atoms with Crippen molar-refractivity contribution < 1.29 is 30.9 Å². The van der Waals surface area contributed by atoms with Gasteiger partial charge in [0, 0.05) is 38.7 Å². The zero-order valence-corrected chi connectivity index (χ0v) is 30.8. The molecule has 51 heavy (non-hydrogen) atoms. The number of hydrogen-bond donors (Lipinski definition) is 1. The van der Waals surface area contributed by atoms with E-state index in [0.717, 1.165) is 51.0 Å². The minimum Gasteiger partial charge on any atom is -0.507 e. The number of benzene rings is 6. The van der Waals surface area contributed by atoms with Gasteiger partial charge in [-0.1, -0.05) is 123 Å². The Labute approximate surface area is 312 Å². The van der Waals surface area contributed by atoms with Crippen LogP contribution < -0.4 is 0 Å². The normalized spacial score (nSPS) is 16.3. The summed E-state index contributed by atoms with van der Waals surface area (Å²) in [6.45, 7) is 6.66. The molecular formula is C45H36N3O2Pt-. The van der Waals surface area contributed by atoms with E-state index in [1.807, 2.05) is 60.7 Å². The van der Waals surface area contributed by atoms with Gasteiger partial charge in [0.15, 0.2) is 0 Å². The number of phenols is 1.